The van der Waals surface area contributed by atoms with Gasteiger partial charge < -0.3 is 9.73 Å². The predicted molar refractivity (Wildman–Crippen MR) is 117 cm³/mol. The van der Waals surface area contributed by atoms with Crippen LogP contribution in [0.15, 0.2) is 95.6 Å². The largest absolute Gasteiger partial charge is 0.467 e. The first-order valence-electron chi connectivity index (χ1n) is 9.72. The summed E-state index contributed by atoms with van der Waals surface area (Å²) in [6.07, 6.45) is 1.59. The summed E-state index contributed by atoms with van der Waals surface area (Å²) in [5, 5.41) is 12.8. The Morgan fingerprint density at radius 1 is 0.933 bits per heavy atom. The van der Waals surface area contributed by atoms with Crippen LogP contribution in [-0.2, 0) is 6.54 Å². The number of nitrogens with one attached hydrogen (secondary N) is 2. The molecule has 0 bridgehead atoms. The molecule has 0 unspecified atom stereocenters. The lowest BCUT2D eigenvalue weighted by Gasteiger charge is -2.04. The van der Waals surface area contributed by atoms with Crippen LogP contribution >= 0.6 is 0 Å². The number of fused-ring (bicyclic) bond motifs is 1. The number of amides is 1. The van der Waals surface area contributed by atoms with E-state index in [0.29, 0.717) is 12.1 Å². The number of furan rings is 1. The van der Waals surface area contributed by atoms with E-state index in [1.165, 1.54) is 10.8 Å². The Morgan fingerprint density at radius 3 is 2.60 bits per heavy atom. The summed E-state index contributed by atoms with van der Waals surface area (Å²) < 4.78 is 5.24. The molecule has 0 aliphatic carbocycles. The van der Waals surface area contributed by atoms with Gasteiger partial charge in [0.05, 0.1) is 24.2 Å². The topological polar surface area (TPSA) is 70.9 Å². The van der Waals surface area contributed by atoms with E-state index in [1.807, 2.05) is 42.5 Å². The number of H-pyrrole nitrogens is 1. The van der Waals surface area contributed by atoms with Gasteiger partial charge in [-0.05, 0) is 41.1 Å². The van der Waals surface area contributed by atoms with E-state index in [-0.39, 0.29) is 5.91 Å². The van der Waals surface area contributed by atoms with E-state index in [1.54, 1.807) is 24.5 Å². The summed E-state index contributed by atoms with van der Waals surface area (Å²) in [5.74, 6) is 0.578. The molecule has 0 spiro atoms. The molecular formula is C25H19N3O2. The number of hydrogen-bond donors (Lipinski definition) is 2. The summed E-state index contributed by atoms with van der Waals surface area (Å²) in [5.41, 5.74) is 4.44. The lowest BCUT2D eigenvalue weighted by molar-refractivity contribution is 0.0948. The normalized spacial score (nSPS) is 10.9. The fraction of sp³-hybridized carbons (Fsp3) is 0.0400. The molecular weight excluding hydrogens is 374 g/mol. The van der Waals surface area contributed by atoms with Gasteiger partial charge in [0.15, 0.2) is 0 Å². The van der Waals surface area contributed by atoms with E-state index < -0.39 is 0 Å². The molecule has 5 aromatic rings. The number of hydrogen-bond acceptors (Lipinski definition) is 3. The van der Waals surface area contributed by atoms with E-state index >= 15 is 0 Å². The zero-order valence-corrected chi connectivity index (χ0v) is 16.1. The van der Waals surface area contributed by atoms with E-state index in [2.05, 4.69) is 39.8 Å². The summed E-state index contributed by atoms with van der Waals surface area (Å²) in [6, 6.07) is 27.6. The molecule has 1 amide bonds. The molecule has 0 saturated carbocycles. The Balaban J connectivity index is 1.35. The number of aromatic nitrogens is 2. The average molecular weight is 393 g/mol. The van der Waals surface area contributed by atoms with E-state index in [0.717, 1.165) is 28.3 Å². The van der Waals surface area contributed by atoms with Crippen LogP contribution in [0.25, 0.3) is 33.3 Å². The number of carbonyl (C=O) groups excluding carboxylic acids is 1. The minimum atomic E-state index is -0.142. The molecule has 5 rings (SSSR count). The molecule has 0 atom stereocenters. The van der Waals surface area contributed by atoms with Gasteiger partial charge in [0.2, 0.25) is 0 Å². The second kappa shape index (κ2) is 7.72. The molecule has 0 aliphatic rings. The zero-order chi connectivity index (χ0) is 20.3. The Labute approximate surface area is 173 Å². The maximum Gasteiger partial charge on any atom is 0.251 e. The maximum absolute atomic E-state index is 12.3. The number of carbonyl (C=O) groups is 1. The van der Waals surface area contributed by atoms with Crippen molar-refractivity contribution in [2.75, 3.05) is 0 Å². The van der Waals surface area contributed by atoms with Crippen molar-refractivity contribution in [1.82, 2.24) is 15.5 Å². The van der Waals surface area contributed by atoms with Gasteiger partial charge in [0.1, 0.15) is 5.76 Å². The van der Waals surface area contributed by atoms with Gasteiger partial charge >= 0.3 is 0 Å². The van der Waals surface area contributed by atoms with Crippen LogP contribution in [0.1, 0.15) is 16.1 Å². The molecule has 5 nitrogen and oxygen atoms in total. The highest BCUT2D eigenvalue weighted by atomic mass is 16.3. The lowest BCUT2D eigenvalue weighted by Crippen LogP contribution is -2.22. The van der Waals surface area contributed by atoms with Crippen molar-refractivity contribution in [2.24, 2.45) is 0 Å². The maximum atomic E-state index is 12.3. The molecule has 0 radical (unpaired) electrons. The van der Waals surface area contributed by atoms with Gasteiger partial charge in [-0.3, -0.25) is 9.89 Å². The van der Waals surface area contributed by atoms with Crippen LogP contribution in [0.5, 0.6) is 0 Å². The Kier molecular flexibility index (Phi) is 4.62. The summed E-state index contributed by atoms with van der Waals surface area (Å²) in [6.45, 7) is 0.362. The Hall–Kier alpha value is -4.12. The van der Waals surface area contributed by atoms with Crippen molar-refractivity contribution < 1.29 is 9.21 Å². The second-order valence-electron chi connectivity index (χ2n) is 7.03. The molecule has 146 valence electrons. The first-order valence-corrected chi connectivity index (χ1v) is 9.72. The number of rotatable bonds is 5. The Morgan fingerprint density at radius 2 is 1.77 bits per heavy atom. The highest BCUT2D eigenvalue weighted by molar-refractivity contribution is 5.96. The third-order valence-corrected chi connectivity index (χ3v) is 5.10. The van der Waals surface area contributed by atoms with Gasteiger partial charge in [-0.15, -0.1) is 0 Å². The quantitative estimate of drug-likeness (QED) is 0.419. The highest BCUT2D eigenvalue weighted by Gasteiger charge is 2.10. The van der Waals surface area contributed by atoms with Crippen molar-refractivity contribution in [2.45, 2.75) is 6.54 Å². The molecule has 3 aromatic carbocycles. The summed E-state index contributed by atoms with van der Waals surface area (Å²) in [4.78, 5) is 12.3. The summed E-state index contributed by atoms with van der Waals surface area (Å²) in [7, 11) is 0. The molecule has 0 aliphatic heterocycles. The smallest absolute Gasteiger partial charge is 0.251 e. The van der Waals surface area contributed by atoms with Crippen molar-refractivity contribution in [3.8, 4) is 22.5 Å². The zero-order valence-electron chi connectivity index (χ0n) is 16.1. The average Bonchev–Trinajstić information content (AvgIpc) is 3.50. The molecule has 2 aromatic heterocycles. The van der Waals surface area contributed by atoms with Crippen LogP contribution in [0.4, 0.5) is 0 Å². The van der Waals surface area contributed by atoms with Crippen LogP contribution in [0, 0.1) is 0 Å². The molecule has 0 fully saturated rings. The minimum absolute atomic E-state index is 0.142. The van der Waals surface area contributed by atoms with Crippen molar-refractivity contribution in [3.63, 3.8) is 0 Å². The third kappa shape index (κ3) is 3.49. The van der Waals surface area contributed by atoms with Gasteiger partial charge in [0.25, 0.3) is 5.91 Å². The standard InChI is InChI=1S/C25H19N3O2/c29-25(26-16-20-7-4-14-30-20)19-12-10-18(11-13-19)23-15-24(28-27-23)22-9-3-6-17-5-1-2-8-21(17)22/h1-15H,16H2,(H,26,29)(H,27,28). The fourth-order valence-electron chi connectivity index (χ4n) is 3.54. The van der Waals surface area contributed by atoms with Crippen molar-refractivity contribution in [3.05, 3.63) is 103 Å². The van der Waals surface area contributed by atoms with Crippen LogP contribution < -0.4 is 5.32 Å². The van der Waals surface area contributed by atoms with Gasteiger partial charge in [-0.1, -0.05) is 54.6 Å². The van der Waals surface area contributed by atoms with Gasteiger partial charge in [-0.2, -0.15) is 5.10 Å². The van der Waals surface area contributed by atoms with E-state index in [4.69, 9.17) is 4.42 Å². The van der Waals surface area contributed by atoms with E-state index in [9.17, 15) is 4.79 Å². The molecule has 0 saturated heterocycles. The highest BCUT2D eigenvalue weighted by Crippen LogP contribution is 2.29. The Bertz CT molecular complexity index is 1300. The molecule has 2 heterocycles. The monoisotopic (exact) mass is 393 g/mol. The van der Waals surface area contributed by atoms with Gasteiger partial charge in [0, 0.05) is 16.7 Å². The van der Waals surface area contributed by atoms with Crippen molar-refractivity contribution in [1.29, 1.82) is 0 Å². The van der Waals surface area contributed by atoms with Crippen molar-refractivity contribution >= 4 is 16.7 Å². The minimum Gasteiger partial charge on any atom is -0.467 e. The number of nitrogens with zero attached hydrogens (tertiary/aromatic N) is 1. The third-order valence-electron chi connectivity index (χ3n) is 5.10. The molecule has 5 heteroatoms. The first-order chi connectivity index (χ1) is 14.8. The number of benzene rings is 3. The lowest BCUT2D eigenvalue weighted by atomic mass is 10.0. The molecule has 30 heavy (non-hydrogen) atoms. The van der Waals surface area contributed by atoms with Crippen LogP contribution in [-0.4, -0.2) is 16.1 Å². The number of aromatic amines is 1. The molecule has 2 N–H and O–H groups in total. The van der Waals surface area contributed by atoms with Gasteiger partial charge in [-0.25, -0.2) is 0 Å². The first kappa shape index (κ1) is 17.9. The summed E-state index contributed by atoms with van der Waals surface area (Å²) >= 11 is 0. The van der Waals surface area contributed by atoms with Crippen LogP contribution in [0.2, 0.25) is 0 Å². The second-order valence-corrected chi connectivity index (χ2v) is 7.03. The SMILES string of the molecule is O=C(NCc1ccco1)c1ccc(-c2cc(-c3cccc4ccccc34)[nH]n2)cc1. The fourth-order valence-corrected chi connectivity index (χ4v) is 3.54. The predicted octanol–water partition coefficient (Wildman–Crippen LogP) is 5.42. The van der Waals surface area contributed by atoms with Crippen LogP contribution in [0.3, 0.4) is 0 Å².